The van der Waals surface area contributed by atoms with Gasteiger partial charge in [-0.25, -0.2) is 14.3 Å². The Bertz CT molecular complexity index is 1060. The van der Waals surface area contributed by atoms with E-state index in [9.17, 15) is 18.8 Å². The highest BCUT2D eigenvalue weighted by atomic mass is 19.1. The van der Waals surface area contributed by atoms with Crippen molar-refractivity contribution in [1.29, 1.82) is 0 Å². The number of benzene rings is 2. The summed E-state index contributed by atoms with van der Waals surface area (Å²) < 4.78 is 29.8. The molecule has 5 nitrogen and oxygen atoms in total. The van der Waals surface area contributed by atoms with Gasteiger partial charge in [-0.3, -0.25) is 14.7 Å². The highest BCUT2D eigenvalue weighted by Gasteiger charge is 2.49. The predicted octanol–water partition coefficient (Wildman–Crippen LogP) is 3.26. The minimum absolute atomic E-state index is 0.207. The van der Waals surface area contributed by atoms with Crippen LogP contribution in [-0.4, -0.2) is 20.9 Å². The monoisotopic (exact) mass is 383 g/mol. The van der Waals surface area contributed by atoms with E-state index in [2.05, 4.69) is 5.10 Å². The van der Waals surface area contributed by atoms with Gasteiger partial charge in [0.05, 0.1) is 12.2 Å². The van der Waals surface area contributed by atoms with E-state index in [1.54, 1.807) is 53.6 Å². The second-order valence-corrected chi connectivity index (χ2v) is 7.04. The lowest BCUT2D eigenvalue weighted by Gasteiger charge is -2.29. The van der Waals surface area contributed by atoms with E-state index < -0.39 is 17.1 Å². The molecule has 1 aliphatic carbocycles. The fourth-order valence-corrected chi connectivity index (χ4v) is 4.13. The van der Waals surface area contributed by atoms with Gasteiger partial charge in [0.15, 0.2) is 0 Å². The lowest BCUT2D eigenvalue weighted by Crippen LogP contribution is -2.43. The van der Waals surface area contributed by atoms with Crippen LogP contribution in [0.3, 0.4) is 0 Å². The third-order valence-corrected chi connectivity index (χ3v) is 5.54. The highest BCUT2D eigenvalue weighted by molar-refractivity contribution is 5.93. The Balaban J connectivity index is 1.83. The highest BCUT2D eigenvalue weighted by Crippen LogP contribution is 2.45. The lowest BCUT2D eigenvalue weighted by atomic mass is 9.74. The number of nitrogens with one attached hydrogen (secondary N) is 1. The minimum Gasteiger partial charge on any atom is -0.289 e. The van der Waals surface area contributed by atoms with Crippen molar-refractivity contribution in [1.82, 2.24) is 15.3 Å². The Hall–Kier alpha value is -3.06. The van der Waals surface area contributed by atoms with Gasteiger partial charge in [0, 0.05) is 17.3 Å². The molecule has 0 fully saturated rings. The van der Waals surface area contributed by atoms with E-state index in [1.807, 2.05) is 0 Å². The Kier molecular flexibility index (Phi) is 4.47. The molecular weight excluding hydrogens is 364 g/mol. The molecule has 1 amide bonds. The van der Waals surface area contributed by atoms with Crippen LogP contribution in [0.15, 0.2) is 48.7 Å². The van der Waals surface area contributed by atoms with Gasteiger partial charge in [-0.05, 0) is 43.0 Å². The molecule has 2 aromatic carbocycles. The van der Waals surface area contributed by atoms with Crippen LogP contribution in [0.5, 0.6) is 0 Å². The number of aromatic nitrogens is 2. The largest absolute Gasteiger partial charge is 0.289 e. The molecule has 4 rings (SSSR count). The number of halogens is 2. The first kappa shape index (κ1) is 18.3. The summed E-state index contributed by atoms with van der Waals surface area (Å²) in [5.74, 6) is -1.39. The lowest BCUT2D eigenvalue weighted by molar-refractivity contribution is -0.133. The summed E-state index contributed by atoms with van der Waals surface area (Å²) in [6.45, 7) is 1.82. The van der Waals surface area contributed by atoms with Gasteiger partial charge in [0.2, 0.25) is 0 Å². The van der Waals surface area contributed by atoms with Crippen LogP contribution >= 0.6 is 0 Å². The topological polar surface area (TPSA) is 67.2 Å². The van der Waals surface area contributed by atoms with Gasteiger partial charge in [-0.1, -0.05) is 30.3 Å². The van der Waals surface area contributed by atoms with Gasteiger partial charge < -0.3 is 0 Å². The quantitative estimate of drug-likeness (QED) is 0.537. The Labute approximate surface area is 160 Å². The molecule has 2 N–H and O–H groups in total. The fraction of sp³-hybridized carbons (Fsp3) is 0.238. The van der Waals surface area contributed by atoms with Crippen molar-refractivity contribution in [3.63, 3.8) is 0 Å². The van der Waals surface area contributed by atoms with Gasteiger partial charge in [-0.2, -0.15) is 5.10 Å². The summed E-state index contributed by atoms with van der Waals surface area (Å²) in [4.78, 5) is 12.8. The summed E-state index contributed by atoms with van der Waals surface area (Å²) >= 11 is 0. The number of hydroxylamine groups is 1. The zero-order chi connectivity index (χ0) is 19.9. The average molecular weight is 383 g/mol. The summed E-state index contributed by atoms with van der Waals surface area (Å²) in [7, 11) is 0. The molecule has 28 heavy (non-hydrogen) atoms. The molecule has 1 heterocycles. The third-order valence-electron chi connectivity index (χ3n) is 5.54. The first-order chi connectivity index (χ1) is 13.5. The maximum absolute atomic E-state index is 14.2. The first-order valence-electron chi connectivity index (χ1n) is 8.97. The Morgan fingerprint density at radius 3 is 2.68 bits per heavy atom. The number of hydrogen-bond acceptors (Lipinski definition) is 3. The normalized spacial score (nSPS) is 18.1. The molecule has 0 aliphatic heterocycles. The molecule has 3 aromatic rings. The van der Waals surface area contributed by atoms with E-state index >= 15 is 0 Å². The number of amides is 1. The smallest absolute Gasteiger partial charge is 0.258 e. The number of fused-ring (bicyclic) bond motifs is 1. The predicted molar refractivity (Wildman–Crippen MR) is 97.9 cm³/mol. The second-order valence-electron chi connectivity index (χ2n) is 7.04. The molecular formula is C21H19F2N3O2. The van der Waals surface area contributed by atoms with Crippen LogP contribution in [0.2, 0.25) is 0 Å². The molecule has 0 saturated carbocycles. The maximum Gasteiger partial charge on any atom is 0.258 e. The number of aryl methyl sites for hydroxylation is 1. The van der Waals surface area contributed by atoms with Gasteiger partial charge in [0.25, 0.3) is 5.91 Å². The van der Waals surface area contributed by atoms with Crippen LogP contribution in [0, 0.1) is 18.6 Å². The molecule has 1 aromatic heterocycles. The van der Waals surface area contributed by atoms with Crippen molar-refractivity contribution < 1.29 is 18.8 Å². The van der Waals surface area contributed by atoms with Crippen LogP contribution < -0.4 is 5.48 Å². The van der Waals surface area contributed by atoms with Crippen LogP contribution in [0.25, 0.3) is 0 Å². The van der Waals surface area contributed by atoms with E-state index in [0.717, 1.165) is 0 Å². The molecule has 7 heteroatoms. The fourth-order valence-electron chi connectivity index (χ4n) is 4.13. The van der Waals surface area contributed by atoms with E-state index in [4.69, 9.17) is 0 Å². The molecule has 0 spiro atoms. The standard InChI is InChI=1S/C21H19F2N3O2/c1-13-15(6-4-8-17(13)22)21(20(27)25-28)10-9-19-16(21)12-26(24-19)11-14-5-2-3-7-18(14)23/h2-8,12,28H,9-11H2,1H3,(H,25,27)/t21-/m1/s1. The second kappa shape index (κ2) is 6.83. The maximum atomic E-state index is 14.2. The number of hydrogen-bond donors (Lipinski definition) is 2. The zero-order valence-corrected chi connectivity index (χ0v) is 15.2. The van der Waals surface area contributed by atoms with E-state index in [0.29, 0.717) is 40.8 Å². The molecule has 144 valence electrons. The van der Waals surface area contributed by atoms with Crippen LogP contribution in [0.1, 0.15) is 34.4 Å². The van der Waals surface area contributed by atoms with Crippen LogP contribution in [0.4, 0.5) is 8.78 Å². The number of rotatable bonds is 4. The SMILES string of the molecule is Cc1c(F)cccc1[C@]1(C(=O)NO)CCc2nn(Cc3ccccc3F)cc21. The number of nitrogens with zero attached hydrogens (tertiary/aromatic N) is 2. The van der Waals surface area contributed by atoms with E-state index in [-0.39, 0.29) is 12.4 Å². The summed E-state index contributed by atoms with van der Waals surface area (Å²) in [5.41, 5.74) is 3.09. The van der Waals surface area contributed by atoms with Gasteiger partial charge >= 0.3 is 0 Å². The van der Waals surface area contributed by atoms with Crippen molar-refractivity contribution in [2.75, 3.05) is 0 Å². The molecule has 1 atom stereocenters. The average Bonchev–Trinajstić information content (AvgIpc) is 3.24. The third kappa shape index (κ3) is 2.70. The van der Waals surface area contributed by atoms with E-state index in [1.165, 1.54) is 12.1 Å². The molecule has 0 radical (unpaired) electrons. The minimum atomic E-state index is -1.25. The first-order valence-corrected chi connectivity index (χ1v) is 8.97. The van der Waals surface area contributed by atoms with Crippen molar-refractivity contribution in [2.24, 2.45) is 0 Å². The van der Waals surface area contributed by atoms with Crippen molar-refractivity contribution >= 4 is 5.91 Å². The summed E-state index contributed by atoms with van der Waals surface area (Å²) in [5, 5.41) is 13.9. The molecule has 0 bridgehead atoms. The van der Waals surface area contributed by atoms with Gasteiger partial charge in [-0.15, -0.1) is 0 Å². The Morgan fingerprint density at radius 2 is 1.93 bits per heavy atom. The molecule has 0 unspecified atom stereocenters. The number of carbonyl (C=O) groups is 1. The van der Waals surface area contributed by atoms with Gasteiger partial charge in [0.1, 0.15) is 17.0 Å². The number of carbonyl (C=O) groups excluding carboxylic acids is 1. The summed E-state index contributed by atoms with van der Waals surface area (Å²) in [6.07, 6.45) is 2.54. The van der Waals surface area contributed by atoms with Crippen LogP contribution in [-0.2, 0) is 23.2 Å². The summed E-state index contributed by atoms with van der Waals surface area (Å²) in [6, 6.07) is 11.0. The van der Waals surface area contributed by atoms with Crippen molar-refractivity contribution in [3.8, 4) is 0 Å². The van der Waals surface area contributed by atoms with Crippen molar-refractivity contribution in [3.05, 3.63) is 88.2 Å². The van der Waals surface area contributed by atoms with Crippen molar-refractivity contribution in [2.45, 2.75) is 31.7 Å². The molecule has 0 saturated heterocycles. The molecule has 1 aliphatic rings. The zero-order valence-electron chi connectivity index (χ0n) is 15.2. The Morgan fingerprint density at radius 1 is 1.18 bits per heavy atom.